The van der Waals surface area contributed by atoms with E-state index in [1.54, 1.807) is 42.5 Å². The lowest BCUT2D eigenvalue weighted by Crippen LogP contribution is -2.13. The molecule has 3 rings (SSSR count). The van der Waals surface area contributed by atoms with Gasteiger partial charge in [0.05, 0.1) is 11.5 Å². The standard InChI is InChI=1S/C19H23N3O3S/c1-3-25-16-6-4-15(5-7-16)22-26(23,24)17-8-9-19-18(12-17)14(13-21-19)10-11-20-2/h4-9,12-13,20-22H,3,10-11H2,1-2H3. The average Bonchev–Trinajstić information content (AvgIpc) is 3.04. The van der Waals surface area contributed by atoms with E-state index in [0.29, 0.717) is 18.0 Å². The molecule has 0 saturated heterocycles. The van der Waals surface area contributed by atoms with Crippen LogP contribution in [0.15, 0.2) is 53.6 Å². The predicted molar refractivity (Wildman–Crippen MR) is 104 cm³/mol. The van der Waals surface area contributed by atoms with E-state index in [1.807, 2.05) is 20.2 Å². The number of aromatic amines is 1. The van der Waals surface area contributed by atoms with Crippen LogP contribution in [-0.2, 0) is 16.4 Å². The summed E-state index contributed by atoms with van der Waals surface area (Å²) in [6.07, 6.45) is 2.75. The monoisotopic (exact) mass is 373 g/mol. The van der Waals surface area contributed by atoms with Gasteiger partial charge in [0.25, 0.3) is 10.0 Å². The number of nitrogens with one attached hydrogen (secondary N) is 3. The minimum atomic E-state index is -3.67. The number of rotatable bonds is 8. The molecule has 0 amide bonds. The number of benzene rings is 2. The number of ether oxygens (including phenoxy) is 1. The van der Waals surface area contributed by atoms with Crippen molar-refractivity contribution in [2.45, 2.75) is 18.2 Å². The van der Waals surface area contributed by atoms with Gasteiger partial charge in [-0.25, -0.2) is 8.42 Å². The number of hydrogen-bond donors (Lipinski definition) is 3. The quantitative estimate of drug-likeness (QED) is 0.566. The molecule has 2 aromatic carbocycles. The first-order chi connectivity index (χ1) is 12.5. The molecular weight excluding hydrogens is 350 g/mol. The number of anilines is 1. The van der Waals surface area contributed by atoms with Crippen LogP contribution in [0, 0.1) is 0 Å². The third kappa shape index (κ3) is 4.00. The van der Waals surface area contributed by atoms with Crippen molar-refractivity contribution in [3.63, 3.8) is 0 Å². The minimum Gasteiger partial charge on any atom is -0.494 e. The molecule has 0 radical (unpaired) electrons. The Balaban J connectivity index is 1.86. The molecule has 0 aliphatic carbocycles. The van der Waals surface area contributed by atoms with Crippen molar-refractivity contribution in [2.75, 3.05) is 24.9 Å². The molecule has 0 unspecified atom stereocenters. The van der Waals surface area contributed by atoms with E-state index >= 15 is 0 Å². The first-order valence-corrected chi connectivity index (χ1v) is 10.0. The molecule has 3 N–H and O–H groups in total. The van der Waals surface area contributed by atoms with Gasteiger partial charge in [-0.1, -0.05) is 0 Å². The van der Waals surface area contributed by atoms with Crippen LogP contribution >= 0.6 is 0 Å². The van der Waals surface area contributed by atoms with Crippen LogP contribution in [0.25, 0.3) is 10.9 Å². The van der Waals surface area contributed by atoms with Crippen molar-refractivity contribution in [2.24, 2.45) is 0 Å². The Hall–Kier alpha value is -2.51. The Morgan fingerprint density at radius 2 is 1.88 bits per heavy atom. The molecule has 0 spiro atoms. The van der Waals surface area contributed by atoms with Crippen molar-refractivity contribution in [1.29, 1.82) is 0 Å². The van der Waals surface area contributed by atoms with Crippen LogP contribution in [0.3, 0.4) is 0 Å². The fourth-order valence-electron chi connectivity index (χ4n) is 2.79. The summed E-state index contributed by atoms with van der Waals surface area (Å²) in [5.74, 6) is 0.707. The Labute approximate surface area is 153 Å². The highest BCUT2D eigenvalue weighted by Crippen LogP contribution is 2.25. The Kier molecular flexibility index (Phi) is 5.49. The Morgan fingerprint density at radius 1 is 1.12 bits per heavy atom. The third-order valence-corrected chi connectivity index (χ3v) is 5.49. The van der Waals surface area contributed by atoms with E-state index < -0.39 is 10.0 Å². The minimum absolute atomic E-state index is 0.240. The largest absolute Gasteiger partial charge is 0.494 e. The number of H-pyrrole nitrogens is 1. The second-order valence-corrected chi connectivity index (χ2v) is 7.62. The fourth-order valence-corrected chi connectivity index (χ4v) is 3.88. The molecule has 138 valence electrons. The van der Waals surface area contributed by atoms with Crippen molar-refractivity contribution >= 4 is 26.6 Å². The van der Waals surface area contributed by atoms with Crippen molar-refractivity contribution in [3.05, 3.63) is 54.2 Å². The maximum atomic E-state index is 12.7. The SMILES string of the molecule is CCOc1ccc(NS(=O)(=O)c2ccc3[nH]cc(CCNC)c3c2)cc1. The highest BCUT2D eigenvalue weighted by atomic mass is 32.2. The molecular formula is C19H23N3O3S. The van der Waals surface area contributed by atoms with E-state index in [1.165, 1.54) is 0 Å². The predicted octanol–water partition coefficient (Wildman–Crippen LogP) is 3.13. The molecule has 1 aromatic heterocycles. The fraction of sp³-hybridized carbons (Fsp3) is 0.263. The lowest BCUT2D eigenvalue weighted by Gasteiger charge is -2.10. The zero-order chi connectivity index (χ0) is 18.6. The number of fused-ring (bicyclic) bond motifs is 1. The van der Waals surface area contributed by atoms with Crippen LogP contribution in [-0.4, -0.2) is 33.6 Å². The van der Waals surface area contributed by atoms with Crippen LogP contribution in [0.5, 0.6) is 5.75 Å². The van der Waals surface area contributed by atoms with Crippen LogP contribution < -0.4 is 14.8 Å². The van der Waals surface area contributed by atoms with Gasteiger partial charge in [0.15, 0.2) is 0 Å². The Bertz CT molecular complexity index is 979. The van der Waals surface area contributed by atoms with Gasteiger partial charge >= 0.3 is 0 Å². The molecule has 0 bridgehead atoms. The second-order valence-electron chi connectivity index (χ2n) is 5.94. The van der Waals surface area contributed by atoms with Gasteiger partial charge < -0.3 is 15.0 Å². The summed E-state index contributed by atoms with van der Waals surface area (Å²) in [4.78, 5) is 3.43. The summed E-state index contributed by atoms with van der Waals surface area (Å²) in [5, 5.41) is 4.03. The topological polar surface area (TPSA) is 83.2 Å². The molecule has 0 aliphatic heterocycles. The Morgan fingerprint density at radius 3 is 2.58 bits per heavy atom. The second kappa shape index (κ2) is 7.80. The normalized spacial score (nSPS) is 11.6. The molecule has 1 heterocycles. The molecule has 0 atom stereocenters. The average molecular weight is 373 g/mol. The third-order valence-electron chi connectivity index (χ3n) is 4.11. The van der Waals surface area contributed by atoms with Gasteiger partial charge in [0, 0.05) is 22.8 Å². The van der Waals surface area contributed by atoms with Crippen molar-refractivity contribution < 1.29 is 13.2 Å². The van der Waals surface area contributed by atoms with E-state index in [9.17, 15) is 8.42 Å². The summed E-state index contributed by atoms with van der Waals surface area (Å²) in [6, 6.07) is 12.0. The van der Waals surface area contributed by atoms with E-state index in [-0.39, 0.29) is 4.90 Å². The molecule has 3 aromatic rings. The molecule has 6 nitrogen and oxygen atoms in total. The highest BCUT2D eigenvalue weighted by Gasteiger charge is 2.16. The van der Waals surface area contributed by atoms with E-state index in [0.717, 1.165) is 29.4 Å². The first-order valence-electron chi connectivity index (χ1n) is 8.54. The van der Waals surface area contributed by atoms with Crippen molar-refractivity contribution in [1.82, 2.24) is 10.3 Å². The van der Waals surface area contributed by atoms with Gasteiger partial charge in [-0.15, -0.1) is 0 Å². The summed E-state index contributed by atoms with van der Waals surface area (Å²) in [7, 11) is -1.77. The lowest BCUT2D eigenvalue weighted by atomic mass is 10.1. The smallest absolute Gasteiger partial charge is 0.261 e. The van der Waals surface area contributed by atoms with E-state index in [2.05, 4.69) is 15.0 Å². The molecule has 0 saturated carbocycles. The first kappa shape index (κ1) is 18.3. The van der Waals surface area contributed by atoms with Gasteiger partial charge in [-0.2, -0.15) is 0 Å². The number of aromatic nitrogens is 1. The summed E-state index contributed by atoms with van der Waals surface area (Å²) in [5.41, 5.74) is 2.52. The maximum Gasteiger partial charge on any atom is 0.261 e. The molecule has 0 fully saturated rings. The van der Waals surface area contributed by atoms with Gasteiger partial charge in [-0.05, 0) is 75.0 Å². The number of sulfonamides is 1. The molecule has 7 heteroatoms. The van der Waals surface area contributed by atoms with Crippen LogP contribution in [0.4, 0.5) is 5.69 Å². The zero-order valence-corrected chi connectivity index (χ0v) is 15.7. The van der Waals surface area contributed by atoms with E-state index in [4.69, 9.17) is 4.74 Å². The summed E-state index contributed by atoms with van der Waals surface area (Å²) >= 11 is 0. The lowest BCUT2D eigenvalue weighted by molar-refractivity contribution is 0.340. The summed E-state index contributed by atoms with van der Waals surface area (Å²) in [6.45, 7) is 3.30. The van der Waals surface area contributed by atoms with Gasteiger partial charge in [-0.3, -0.25) is 4.72 Å². The zero-order valence-electron chi connectivity index (χ0n) is 14.9. The van der Waals surface area contributed by atoms with Crippen LogP contribution in [0.2, 0.25) is 0 Å². The molecule has 0 aliphatic rings. The number of likely N-dealkylation sites (N-methyl/N-ethyl adjacent to an activating group) is 1. The van der Waals surface area contributed by atoms with Crippen molar-refractivity contribution in [3.8, 4) is 5.75 Å². The molecule has 26 heavy (non-hydrogen) atoms. The van der Waals surface area contributed by atoms with Gasteiger partial charge in [0.1, 0.15) is 5.75 Å². The maximum absolute atomic E-state index is 12.7. The number of hydrogen-bond acceptors (Lipinski definition) is 4. The van der Waals surface area contributed by atoms with Gasteiger partial charge in [0.2, 0.25) is 0 Å². The summed E-state index contributed by atoms with van der Waals surface area (Å²) < 4.78 is 33.5. The highest BCUT2D eigenvalue weighted by molar-refractivity contribution is 7.92. The van der Waals surface area contributed by atoms with Crippen LogP contribution in [0.1, 0.15) is 12.5 Å².